The van der Waals surface area contributed by atoms with Crippen LogP contribution in [0.4, 0.5) is 18.9 Å². The second-order valence-electron chi connectivity index (χ2n) is 4.25. The Labute approximate surface area is 124 Å². The third-order valence-corrected chi connectivity index (χ3v) is 3.34. The number of amides is 1. The van der Waals surface area contributed by atoms with Gasteiger partial charge < -0.3 is 11.1 Å². The van der Waals surface area contributed by atoms with Crippen LogP contribution in [0.2, 0.25) is 0 Å². The molecule has 0 aliphatic rings. The Balaban J connectivity index is 2.90. The SMILES string of the molecule is CSCC[C@@H](N)C(=O)Nc1ccc(C(F)(F)F)cc1C#N. The Morgan fingerprint density at radius 3 is 2.71 bits per heavy atom. The van der Waals surface area contributed by atoms with Crippen molar-refractivity contribution in [3.63, 3.8) is 0 Å². The Bertz CT molecular complexity index is 555. The molecule has 0 aliphatic heterocycles. The standard InChI is InChI=1S/C13H14F3N3OS/c1-21-5-4-10(18)12(20)19-11-3-2-9(13(14,15)16)6-8(11)7-17/h2-3,6,10H,4-5,18H2,1H3,(H,19,20)/t10-/m1/s1. The minimum Gasteiger partial charge on any atom is -0.324 e. The number of hydrogen-bond acceptors (Lipinski definition) is 4. The number of alkyl halides is 3. The number of carbonyl (C=O) groups is 1. The molecule has 0 spiro atoms. The highest BCUT2D eigenvalue weighted by Crippen LogP contribution is 2.31. The summed E-state index contributed by atoms with van der Waals surface area (Å²) in [6.07, 6.45) is -2.23. The van der Waals surface area contributed by atoms with Gasteiger partial charge in [0.1, 0.15) is 6.07 Å². The fourth-order valence-corrected chi connectivity index (χ4v) is 2.01. The predicted molar refractivity (Wildman–Crippen MR) is 75.8 cm³/mol. The van der Waals surface area contributed by atoms with E-state index in [4.69, 9.17) is 11.0 Å². The number of rotatable bonds is 5. The van der Waals surface area contributed by atoms with E-state index in [2.05, 4.69) is 5.32 Å². The molecule has 0 heterocycles. The molecule has 0 unspecified atom stereocenters. The summed E-state index contributed by atoms with van der Waals surface area (Å²) in [6.45, 7) is 0. The Kier molecular flexibility index (Phi) is 6.05. The van der Waals surface area contributed by atoms with E-state index in [1.165, 1.54) is 11.8 Å². The van der Waals surface area contributed by atoms with Crippen LogP contribution < -0.4 is 11.1 Å². The molecule has 1 rings (SSSR count). The molecule has 21 heavy (non-hydrogen) atoms. The predicted octanol–water partition coefficient (Wildman–Crippen LogP) is 2.60. The largest absolute Gasteiger partial charge is 0.416 e. The lowest BCUT2D eigenvalue weighted by molar-refractivity contribution is -0.137. The van der Waals surface area contributed by atoms with E-state index in [-0.39, 0.29) is 11.3 Å². The van der Waals surface area contributed by atoms with Gasteiger partial charge in [0.2, 0.25) is 5.91 Å². The molecule has 8 heteroatoms. The molecule has 0 saturated carbocycles. The molecule has 0 aromatic heterocycles. The molecule has 0 saturated heterocycles. The first-order valence-corrected chi connectivity index (χ1v) is 7.35. The summed E-state index contributed by atoms with van der Waals surface area (Å²) < 4.78 is 37.6. The van der Waals surface area contributed by atoms with Crippen LogP contribution in [0.25, 0.3) is 0 Å². The molecule has 0 bridgehead atoms. The molecule has 1 amide bonds. The Morgan fingerprint density at radius 1 is 1.52 bits per heavy atom. The van der Waals surface area contributed by atoms with Crippen LogP contribution in [-0.4, -0.2) is 24.0 Å². The number of anilines is 1. The quantitative estimate of drug-likeness (QED) is 0.875. The zero-order chi connectivity index (χ0) is 16.0. The van der Waals surface area contributed by atoms with Gasteiger partial charge >= 0.3 is 6.18 Å². The number of hydrogen-bond donors (Lipinski definition) is 2. The summed E-state index contributed by atoms with van der Waals surface area (Å²) in [5, 5.41) is 11.3. The van der Waals surface area contributed by atoms with Crippen LogP contribution in [0, 0.1) is 11.3 Å². The van der Waals surface area contributed by atoms with Gasteiger partial charge in [-0.05, 0) is 36.6 Å². The summed E-state index contributed by atoms with van der Waals surface area (Å²) in [5.74, 6) is 0.160. The average molecular weight is 317 g/mol. The van der Waals surface area contributed by atoms with Gasteiger partial charge in [-0.15, -0.1) is 0 Å². The lowest BCUT2D eigenvalue weighted by Crippen LogP contribution is -2.36. The second-order valence-corrected chi connectivity index (χ2v) is 5.23. The molecule has 3 N–H and O–H groups in total. The van der Waals surface area contributed by atoms with Crippen LogP contribution in [0.15, 0.2) is 18.2 Å². The number of halogens is 3. The van der Waals surface area contributed by atoms with Crippen LogP contribution in [0.3, 0.4) is 0 Å². The first kappa shape index (κ1) is 17.3. The van der Waals surface area contributed by atoms with E-state index in [1.807, 2.05) is 6.26 Å². The zero-order valence-electron chi connectivity index (χ0n) is 11.2. The van der Waals surface area contributed by atoms with E-state index in [9.17, 15) is 18.0 Å². The zero-order valence-corrected chi connectivity index (χ0v) is 12.0. The van der Waals surface area contributed by atoms with E-state index in [0.29, 0.717) is 18.2 Å². The fourth-order valence-electron chi connectivity index (χ4n) is 1.52. The highest BCUT2D eigenvalue weighted by atomic mass is 32.2. The van der Waals surface area contributed by atoms with E-state index >= 15 is 0 Å². The van der Waals surface area contributed by atoms with Gasteiger partial charge in [-0.1, -0.05) is 0 Å². The van der Waals surface area contributed by atoms with Gasteiger partial charge in [-0.25, -0.2) is 0 Å². The van der Waals surface area contributed by atoms with Crippen molar-refractivity contribution in [3.8, 4) is 6.07 Å². The van der Waals surface area contributed by atoms with Crippen LogP contribution in [0.1, 0.15) is 17.5 Å². The summed E-state index contributed by atoms with van der Waals surface area (Å²) in [5.41, 5.74) is 4.48. The van der Waals surface area contributed by atoms with Gasteiger partial charge in [0.25, 0.3) is 0 Å². The van der Waals surface area contributed by atoms with Crippen LogP contribution in [0.5, 0.6) is 0 Å². The van der Waals surface area contributed by atoms with Gasteiger partial charge in [-0.2, -0.15) is 30.2 Å². The highest BCUT2D eigenvalue weighted by Gasteiger charge is 2.31. The molecular weight excluding hydrogens is 303 g/mol. The summed E-state index contributed by atoms with van der Waals surface area (Å²) in [4.78, 5) is 11.8. The molecular formula is C13H14F3N3OS. The summed E-state index contributed by atoms with van der Waals surface area (Å²) in [7, 11) is 0. The fraction of sp³-hybridized carbons (Fsp3) is 0.385. The number of nitriles is 1. The number of nitrogens with one attached hydrogen (secondary N) is 1. The van der Waals surface area contributed by atoms with Crippen molar-refractivity contribution >= 4 is 23.4 Å². The minimum absolute atomic E-state index is 0.0232. The lowest BCUT2D eigenvalue weighted by atomic mass is 10.1. The third kappa shape index (κ3) is 4.95. The van der Waals surface area contributed by atoms with Crippen molar-refractivity contribution < 1.29 is 18.0 Å². The molecule has 0 fully saturated rings. The monoisotopic (exact) mass is 317 g/mol. The van der Waals surface area contributed by atoms with Crippen LogP contribution in [-0.2, 0) is 11.0 Å². The van der Waals surface area contributed by atoms with Gasteiger partial charge in [-0.3, -0.25) is 4.79 Å². The molecule has 1 aromatic carbocycles. The van der Waals surface area contributed by atoms with Gasteiger partial charge in [0.15, 0.2) is 0 Å². The highest BCUT2D eigenvalue weighted by molar-refractivity contribution is 7.98. The number of carbonyl (C=O) groups excluding carboxylic acids is 1. The van der Waals surface area contributed by atoms with Crippen molar-refractivity contribution in [3.05, 3.63) is 29.3 Å². The summed E-state index contributed by atoms with van der Waals surface area (Å²) in [6, 6.07) is 3.43. The van der Waals surface area contributed by atoms with Gasteiger partial charge in [0, 0.05) is 0 Å². The van der Waals surface area contributed by atoms with Crippen molar-refractivity contribution in [2.45, 2.75) is 18.6 Å². The smallest absolute Gasteiger partial charge is 0.324 e. The van der Waals surface area contributed by atoms with Crippen LogP contribution >= 0.6 is 11.8 Å². The molecule has 0 aliphatic carbocycles. The van der Waals surface area contributed by atoms with Gasteiger partial charge in [0.05, 0.1) is 22.9 Å². The second kappa shape index (κ2) is 7.33. The normalized spacial score (nSPS) is 12.6. The first-order chi connectivity index (χ1) is 9.79. The third-order valence-electron chi connectivity index (χ3n) is 2.69. The van der Waals surface area contributed by atoms with Crippen molar-refractivity contribution in [2.24, 2.45) is 5.73 Å². The Morgan fingerprint density at radius 2 is 2.19 bits per heavy atom. The number of benzene rings is 1. The molecule has 1 aromatic rings. The maximum atomic E-state index is 12.5. The molecule has 0 radical (unpaired) electrons. The number of nitrogens with two attached hydrogens (primary N) is 1. The molecule has 114 valence electrons. The maximum Gasteiger partial charge on any atom is 0.416 e. The minimum atomic E-state index is -4.54. The van der Waals surface area contributed by atoms with Crippen molar-refractivity contribution in [2.75, 3.05) is 17.3 Å². The van der Waals surface area contributed by atoms with Crippen molar-refractivity contribution in [1.29, 1.82) is 5.26 Å². The topological polar surface area (TPSA) is 78.9 Å². The van der Waals surface area contributed by atoms with Crippen molar-refractivity contribution in [1.82, 2.24) is 0 Å². The molecule has 4 nitrogen and oxygen atoms in total. The van der Waals surface area contributed by atoms with E-state index < -0.39 is 23.7 Å². The maximum absolute atomic E-state index is 12.5. The van der Waals surface area contributed by atoms with E-state index in [1.54, 1.807) is 6.07 Å². The molecule has 1 atom stereocenters. The van der Waals surface area contributed by atoms with E-state index in [0.717, 1.165) is 12.1 Å². The number of thioether (sulfide) groups is 1. The summed E-state index contributed by atoms with van der Waals surface area (Å²) >= 11 is 1.53. The average Bonchev–Trinajstić information content (AvgIpc) is 2.43. The number of nitrogens with zero attached hydrogens (tertiary/aromatic N) is 1. The Hall–Kier alpha value is -1.72. The first-order valence-electron chi connectivity index (χ1n) is 5.96. The lowest BCUT2D eigenvalue weighted by Gasteiger charge is -2.14.